The van der Waals surface area contributed by atoms with Crippen molar-refractivity contribution in [2.24, 2.45) is 11.8 Å². The van der Waals surface area contributed by atoms with Crippen molar-refractivity contribution in [1.29, 1.82) is 0 Å². The van der Waals surface area contributed by atoms with Gasteiger partial charge in [-0.2, -0.15) is 0 Å². The molecule has 0 heteroatoms. The van der Waals surface area contributed by atoms with Gasteiger partial charge in [-0.15, -0.1) is 0 Å². The smallest absolute Gasteiger partial charge is 0.0216 e. The zero-order valence-electron chi connectivity index (χ0n) is 10.2. The molecule has 0 aromatic rings. The molecule has 0 saturated carbocycles. The van der Waals surface area contributed by atoms with Crippen LogP contribution in [-0.2, 0) is 0 Å². The highest BCUT2D eigenvalue weighted by Gasteiger charge is 2.14. The fraction of sp³-hybridized carbons (Fsp3) is 0.923. The van der Waals surface area contributed by atoms with E-state index in [-0.39, 0.29) is 0 Å². The van der Waals surface area contributed by atoms with Crippen molar-refractivity contribution in [1.82, 2.24) is 0 Å². The predicted octanol–water partition coefficient (Wildman–Crippen LogP) is 4.84. The summed E-state index contributed by atoms with van der Waals surface area (Å²) in [6.45, 7) is 11.6. The first kappa shape index (κ1) is 13.0. The third-order valence-corrected chi connectivity index (χ3v) is 2.90. The van der Waals surface area contributed by atoms with E-state index < -0.39 is 0 Å². The minimum absolute atomic E-state index is 0.854. The van der Waals surface area contributed by atoms with Crippen LogP contribution in [0.4, 0.5) is 0 Å². The third-order valence-electron chi connectivity index (χ3n) is 2.90. The molecule has 0 N–H and O–H groups in total. The lowest BCUT2D eigenvalue weighted by Gasteiger charge is -2.22. The zero-order valence-corrected chi connectivity index (χ0v) is 10.2. The Labute approximate surface area is 85.1 Å². The largest absolute Gasteiger partial charge is 0.0654 e. The van der Waals surface area contributed by atoms with E-state index in [1.165, 1.54) is 32.1 Å². The standard InChI is InChI=1S/C13H27/c1-6-8-13(7-2)12(5)10-9-11(3)4/h11-12H,6-10H2,1-5H3. The minimum atomic E-state index is 0.854. The summed E-state index contributed by atoms with van der Waals surface area (Å²) in [4.78, 5) is 0. The molecule has 1 atom stereocenters. The average Bonchev–Trinajstić information content (AvgIpc) is 2.10. The van der Waals surface area contributed by atoms with Gasteiger partial charge in [0.1, 0.15) is 0 Å². The number of hydrogen-bond acceptors (Lipinski definition) is 0. The van der Waals surface area contributed by atoms with E-state index in [9.17, 15) is 0 Å². The Kier molecular flexibility index (Phi) is 7.41. The lowest BCUT2D eigenvalue weighted by molar-refractivity contribution is 0.430. The predicted molar refractivity (Wildman–Crippen MR) is 61.7 cm³/mol. The molecular weight excluding hydrogens is 156 g/mol. The first-order valence-corrected chi connectivity index (χ1v) is 5.96. The Morgan fingerprint density at radius 1 is 1.00 bits per heavy atom. The van der Waals surface area contributed by atoms with Gasteiger partial charge in [0.05, 0.1) is 0 Å². The van der Waals surface area contributed by atoms with E-state index in [1.807, 2.05) is 0 Å². The molecule has 0 saturated heterocycles. The van der Waals surface area contributed by atoms with Crippen molar-refractivity contribution in [3.05, 3.63) is 5.92 Å². The zero-order chi connectivity index (χ0) is 10.3. The van der Waals surface area contributed by atoms with E-state index in [0.29, 0.717) is 0 Å². The monoisotopic (exact) mass is 183 g/mol. The van der Waals surface area contributed by atoms with E-state index >= 15 is 0 Å². The summed E-state index contributed by atoms with van der Waals surface area (Å²) < 4.78 is 0. The van der Waals surface area contributed by atoms with E-state index in [1.54, 1.807) is 5.92 Å². The Morgan fingerprint density at radius 2 is 1.62 bits per heavy atom. The summed E-state index contributed by atoms with van der Waals surface area (Å²) in [6, 6.07) is 0. The summed E-state index contributed by atoms with van der Waals surface area (Å²) in [5.74, 6) is 3.50. The van der Waals surface area contributed by atoms with Gasteiger partial charge in [-0.05, 0) is 37.0 Å². The Morgan fingerprint density at radius 3 is 2.00 bits per heavy atom. The van der Waals surface area contributed by atoms with Gasteiger partial charge in [0.15, 0.2) is 0 Å². The van der Waals surface area contributed by atoms with Gasteiger partial charge in [-0.3, -0.25) is 0 Å². The molecule has 0 aliphatic carbocycles. The number of hydrogen-bond donors (Lipinski definition) is 0. The van der Waals surface area contributed by atoms with Crippen molar-refractivity contribution < 1.29 is 0 Å². The van der Waals surface area contributed by atoms with Crippen LogP contribution in [0.2, 0.25) is 0 Å². The van der Waals surface area contributed by atoms with Crippen LogP contribution in [-0.4, -0.2) is 0 Å². The van der Waals surface area contributed by atoms with Crippen molar-refractivity contribution in [3.63, 3.8) is 0 Å². The molecule has 0 aromatic carbocycles. The molecule has 0 nitrogen and oxygen atoms in total. The van der Waals surface area contributed by atoms with Crippen molar-refractivity contribution >= 4 is 0 Å². The molecular formula is C13H27. The Bertz CT molecular complexity index is 105. The van der Waals surface area contributed by atoms with Crippen LogP contribution in [0.25, 0.3) is 0 Å². The first-order valence-electron chi connectivity index (χ1n) is 5.96. The maximum atomic E-state index is 2.40. The second kappa shape index (κ2) is 7.41. The summed E-state index contributed by atoms with van der Waals surface area (Å²) in [7, 11) is 0. The molecule has 0 rings (SSSR count). The number of rotatable bonds is 7. The summed E-state index contributed by atoms with van der Waals surface area (Å²) in [5, 5.41) is 0. The van der Waals surface area contributed by atoms with Crippen LogP contribution >= 0.6 is 0 Å². The molecule has 0 heterocycles. The van der Waals surface area contributed by atoms with Gasteiger partial charge < -0.3 is 0 Å². The third kappa shape index (κ3) is 6.12. The maximum absolute atomic E-state index is 2.40. The molecule has 0 aliphatic heterocycles. The van der Waals surface area contributed by atoms with Gasteiger partial charge in [0, 0.05) is 0 Å². The van der Waals surface area contributed by atoms with Gasteiger partial charge in [-0.1, -0.05) is 47.5 Å². The summed E-state index contributed by atoms with van der Waals surface area (Å²) in [6.07, 6.45) is 6.72. The summed E-state index contributed by atoms with van der Waals surface area (Å²) >= 11 is 0. The summed E-state index contributed by atoms with van der Waals surface area (Å²) in [5.41, 5.74) is 0. The average molecular weight is 183 g/mol. The topological polar surface area (TPSA) is 0 Å². The van der Waals surface area contributed by atoms with Crippen molar-refractivity contribution in [2.75, 3.05) is 0 Å². The molecule has 0 amide bonds. The van der Waals surface area contributed by atoms with E-state index in [4.69, 9.17) is 0 Å². The molecule has 0 fully saturated rings. The maximum Gasteiger partial charge on any atom is -0.0216 e. The molecule has 1 radical (unpaired) electrons. The molecule has 0 aliphatic rings. The fourth-order valence-corrected chi connectivity index (χ4v) is 1.88. The fourth-order valence-electron chi connectivity index (χ4n) is 1.88. The Balaban J connectivity index is 3.69. The van der Waals surface area contributed by atoms with Crippen LogP contribution in [0.1, 0.15) is 66.7 Å². The molecule has 0 aromatic heterocycles. The minimum Gasteiger partial charge on any atom is -0.0654 e. The van der Waals surface area contributed by atoms with Crippen LogP contribution in [0.5, 0.6) is 0 Å². The van der Waals surface area contributed by atoms with Gasteiger partial charge in [-0.25, -0.2) is 0 Å². The van der Waals surface area contributed by atoms with Gasteiger partial charge >= 0.3 is 0 Å². The quantitative estimate of drug-likeness (QED) is 0.529. The van der Waals surface area contributed by atoms with Crippen molar-refractivity contribution in [3.8, 4) is 0 Å². The SMILES string of the molecule is CCC[C](CC)C(C)CCC(C)C. The highest BCUT2D eigenvalue weighted by molar-refractivity contribution is 4.92. The Hall–Kier alpha value is 0. The van der Waals surface area contributed by atoms with Crippen molar-refractivity contribution in [2.45, 2.75) is 66.7 Å². The van der Waals surface area contributed by atoms with Crippen LogP contribution < -0.4 is 0 Å². The second-order valence-electron chi connectivity index (χ2n) is 4.63. The van der Waals surface area contributed by atoms with E-state index in [0.717, 1.165) is 11.8 Å². The second-order valence-corrected chi connectivity index (χ2v) is 4.63. The highest BCUT2D eigenvalue weighted by Crippen LogP contribution is 2.28. The van der Waals surface area contributed by atoms with Crippen LogP contribution in [0.3, 0.4) is 0 Å². The lowest BCUT2D eigenvalue weighted by atomic mass is 9.83. The molecule has 0 bridgehead atoms. The molecule has 1 unspecified atom stereocenters. The van der Waals surface area contributed by atoms with Crippen LogP contribution in [0, 0.1) is 17.8 Å². The lowest BCUT2D eigenvalue weighted by Crippen LogP contribution is -2.09. The highest BCUT2D eigenvalue weighted by atomic mass is 14.2. The molecule has 79 valence electrons. The van der Waals surface area contributed by atoms with Gasteiger partial charge in [0.2, 0.25) is 0 Å². The van der Waals surface area contributed by atoms with Crippen LogP contribution in [0.15, 0.2) is 0 Å². The first-order chi connectivity index (χ1) is 6.11. The van der Waals surface area contributed by atoms with E-state index in [2.05, 4.69) is 34.6 Å². The molecule has 13 heavy (non-hydrogen) atoms. The van der Waals surface area contributed by atoms with Gasteiger partial charge in [0.25, 0.3) is 0 Å². The molecule has 0 spiro atoms. The normalized spacial score (nSPS) is 14.1.